The highest BCUT2D eigenvalue weighted by Gasteiger charge is 2.31. The molecule has 0 radical (unpaired) electrons. The van der Waals surface area contributed by atoms with Gasteiger partial charge in [0.15, 0.2) is 11.5 Å². The highest BCUT2D eigenvalue weighted by Crippen LogP contribution is 2.38. The number of halogens is 3. The van der Waals surface area contributed by atoms with Crippen LogP contribution < -0.4 is 14.8 Å². The number of benzene rings is 2. The molecule has 2 rings (SSSR count). The average Bonchev–Trinajstić information content (AvgIpc) is 2.58. The summed E-state index contributed by atoms with van der Waals surface area (Å²) in [5, 5.41) is 2.61. The zero-order valence-corrected chi connectivity index (χ0v) is 14.3. The van der Waals surface area contributed by atoms with Gasteiger partial charge in [-0.3, -0.25) is 4.79 Å². The molecule has 0 bridgehead atoms. The number of amides is 1. The summed E-state index contributed by atoms with van der Waals surface area (Å²) in [5.41, 5.74) is -3.85. The van der Waals surface area contributed by atoms with E-state index in [-0.39, 0.29) is 28.8 Å². The van der Waals surface area contributed by atoms with E-state index in [1.54, 1.807) is 18.2 Å². The lowest BCUT2D eigenvalue weighted by molar-refractivity contribution is -0.0328. The van der Waals surface area contributed by atoms with Crippen LogP contribution in [0.15, 0.2) is 47.4 Å². The smallest absolute Gasteiger partial charge is 0.446 e. The quantitative estimate of drug-likeness (QED) is 0.772. The molecule has 1 amide bonds. The van der Waals surface area contributed by atoms with Crippen molar-refractivity contribution in [1.29, 1.82) is 0 Å². The van der Waals surface area contributed by atoms with Crippen molar-refractivity contribution in [3.63, 3.8) is 0 Å². The van der Waals surface area contributed by atoms with Crippen LogP contribution in [0, 0.1) is 0 Å². The summed E-state index contributed by atoms with van der Waals surface area (Å²) in [5.74, 6) is 0.364. The van der Waals surface area contributed by atoms with Crippen LogP contribution in [-0.4, -0.2) is 25.6 Å². The molecular weight excluding hydrogens is 355 g/mol. The minimum atomic E-state index is -4.47. The van der Waals surface area contributed by atoms with Crippen molar-refractivity contribution in [3.8, 4) is 11.5 Å². The van der Waals surface area contributed by atoms with Crippen LogP contribution in [0.25, 0.3) is 0 Å². The van der Waals surface area contributed by atoms with Gasteiger partial charge in [0.05, 0.1) is 19.8 Å². The zero-order chi connectivity index (χ0) is 18.4. The number of hydrogen-bond donors (Lipinski definition) is 1. The van der Waals surface area contributed by atoms with Crippen LogP contribution in [0.2, 0.25) is 0 Å². The Kier molecular flexibility index (Phi) is 6.19. The van der Waals surface area contributed by atoms with E-state index in [4.69, 9.17) is 9.47 Å². The summed E-state index contributed by atoms with van der Waals surface area (Å²) in [4.78, 5) is 12.2. The molecule has 2 aromatic carbocycles. The minimum absolute atomic E-state index is 0.0355. The largest absolute Gasteiger partial charge is 0.493 e. The van der Waals surface area contributed by atoms with Gasteiger partial charge in [-0.05, 0) is 30.0 Å². The molecule has 0 fully saturated rings. The van der Waals surface area contributed by atoms with E-state index in [0.717, 1.165) is 0 Å². The molecule has 0 saturated heterocycles. The molecule has 4 nitrogen and oxygen atoms in total. The molecule has 2 aromatic rings. The fourth-order valence-corrected chi connectivity index (χ4v) is 2.90. The molecule has 0 heterocycles. The summed E-state index contributed by atoms with van der Waals surface area (Å²) in [7, 11) is 2.96. The van der Waals surface area contributed by atoms with Gasteiger partial charge < -0.3 is 14.8 Å². The molecule has 1 N–H and O–H groups in total. The summed E-state index contributed by atoms with van der Waals surface area (Å²) in [6.07, 6.45) is 0. The highest BCUT2D eigenvalue weighted by molar-refractivity contribution is 8.00. The number of para-hydroxylation sites is 1. The third-order valence-electron chi connectivity index (χ3n) is 3.28. The van der Waals surface area contributed by atoms with Crippen LogP contribution in [0.4, 0.5) is 13.2 Å². The van der Waals surface area contributed by atoms with Crippen molar-refractivity contribution in [2.45, 2.75) is 16.9 Å². The van der Waals surface area contributed by atoms with Gasteiger partial charge in [-0.25, -0.2) is 0 Å². The Morgan fingerprint density at radius 1 is 1.08 bits per heavy atom. The molecule has 0 aliphatic carbocycles. The molecule has 0 saturated carbocycles. The van der Waals surface area contributed by atoms with Crippen molar-refractivity contribution >= 4 is 17.7 Å². The van der Waals surface area contributed by atoms with Gasteiger partial charge in [-0.15, -0.1) is 0 Å². The lowest BCUT2D eigenvalue weighted by Gasteiger charge is -2.14. The number of methoxy groups -OCH3 is 2. The number of carbonyl (C=O) groups is 1. The van der Waals surface area contributed by atoms with Crippen LogP contribution in [-0.2, 0) is 6.54 Å². The van der Waals surface area contributed by atoms with Crippen molar-refractivity contribution in [2.75, 3.05) is 14.2 Å². The Balaban J connectivity index is 2.17. The Bertz CT molecular complexity index is 750. The number of ether oxygens (including phenoxy) is 2. The molecule has 0 aliphatic heterocycles. The number of carbonyl (C=O) groups excluding carboxylic acids is 1. The number of hydrogen-bond acceptors (Lipinski definition) is 4. The maximum Gasteiger partial charge on any atom is 0.446 e. The van der Waals surface area contributed by atoms with Crippen LogP contribution in [0.5, 0.6) is 11.5 Å². The standard InChI is InChI=1S/C17H16F3NO3S/c1-23-13-8-5-6-11(15(13)24-2)10-21-16(22)12-7-3-4-9-14(12)25-17(18,19)20/h3-9H,10H2,1-2H3,(H,21,22). The van der Waals surface area contributed by atoms with E-state index >= 15 is 0 Å². The highest BCUT2D eigenvalue weighted by atomic mass is 32.2. The van der Waals surface area contributed by atoms with Gasteiger partial charge in [0, 0.05) is 17.0 Å². The fraction of sp³-hybridized carbons (Fsp3) is 0.235. The summed E-state index contributed by atoms with van der Waals surface area (Å²) in [6, 6.07) is 10.8. The number of nitrogens with one attached hydrogen (secondary N) is 1. The predicted molar refractivity (Wildman–Crippen MR) is 89.1 cm³/mol. The fourth-order valence-electron chi connectivity index (χ4n) is 2.23. The first kappa shape index (κ1) is 19.0. The molecule has 134 valence electrons. The van der Waals surface area contributed by atoms with Crippen molar-refractivity contribution < 1.29 is 27.4 Å². The second-order valence-electron chi connectivity index (χ2n) is 4.88. The maximum atomic E-state index is 12.6. The van der Waals surface area contributed by atoms with E-state index in [2.05, 4.69) is 5.32 Å². The van der Waals surface area contributed by atoms with Crippen LogP contribution in [0.1, 0.15) is 15.9 Å². The SMILES string of the molecule is COc1cccc(CNC(=O)c2ccccc2SC(F)(F)F)c1OC. The van der Waals surface area contributed by atoms with Gasteiger partial charge in [0.2, 0.25) is 0 Å². The molecule has 8 heteroatoms. The maximum absolute atomic E-state index is 12.6. The van der Waals surface area contributed by atoms with E-state index in [9.17, 15) is 18.0 Å². The molecule has 0 aromatic heterocycles. The van der Waals surface area contributed by atoms with E-state index < -0.39 is 11.4 Å². The lowest BCUT2D eigenvalue weighted by atomic mass is 10.1. The second kappa shape index (κ2) is 8.15. The van der Waals surface area contributed by atoms with Gasteiger partial charge in [-0.1, -0.05) is 24.3 Å². The Morgan fingerprint density at radius 2 is 1.80 bits per heavy atom. The number of alkyl halides is 3. The summed E-state index contributed by atoms with van der Waals surface area (Å²) >= 11 is -0.314. The van der Waals surface area contributed by atoms with E-state index in [0.29, 0.717) is 17.1 Å². The normalized spacial score (nSPS) is 11.1. The van der Waals surface area contributed by atoms with Crippen LogP contribution >= 0.6 is 11.8 Å². The summed E-state index contributed by atoms with van der Waals surface area (Å²) in [6.45, 7) is 0.0875. The van der Waals surface area contributed by atoms with Crippen molar-refractivity contribution in [2.24, 2.45) is 0 Å². The van der Waals surface area contributed by atoms with Crippen molar-refractivity contribution in [1.82, 2.24) is 5.32 Å². The molecule has 25 heavy (non-hydrogen) atoms. The van der Waals surface area contributed by atoms with Gasteiger partial charge in [0.1, 0.15) is 0 Å². The molecular formula is C17H16F3NO3S. The number of rotatable bonds is 6. The zero-order valence-electron chi connectivity index (χ0n) is 13.5. The monoisotopic (exact) mass is 371 g/mol. The second-order valence-corrected chi connectivity index (χ2v) is 5.99. The average molecular weight is 371 g/mol. The Hall–Kier alpha value is -2.35. The van der Waals surface area contributed by atoms with E-state index in [1.165, 1.54) is 38.5 Å². The van der Waals surface area contributed by atoms with Crippen LogP contribution in [0.3, 0.4) is 0 Å². The lowest BCUT2D eigenvalue weighted by Crippen LogP contribution is -2.24. The minimum Gasteiger partial charge on any atom is -0.493 e. The van der Waals surface area contributed by atoms with Gasteiger partial charge >= 0.3 is 5.51 Å². The third kappa shape index (κ3) is 5.06. The first-order chi connectivity index (χ1) is 11.9. The predicted octanol–water partition coefficient (Wildman–Crippen LogP) is 4.25. The molecule has 0 unspecified atom stereocenters. The van der Waals surface area contributed by atoms with E-state index in [1.807, 2.05) is 0 Å². The Labute approximate surface area is 147 Å². The molecule has 0 atom stereocenters. The van der Waals surface area contributed by atoms with Gasteiger partial charge in [0.25, 0.3) is 5.91 Å². The third-order valence-corrected chi connectivity index (χ3v) is 4.09. The van der Waals surface area contributed by atoms with Crippen molar-refractivity contribution in [3.05, 3.63) is 53.6 Å². The van der Waals surface area contributed by atoms with Gasteiger partial charge in [-0.2, -0.15) is 13.2 Å². The Morgan fingerprint density at radius 3 is 2.44 bits per heavy atom. The summed E-state index contributed by atoms with van der Waals surface area (Å²) < 4.78 is 48.3. The topological polar surface area (TPSA) is 47.6 Å². The molecule has 0 spiro atoms. The number of thioether (sulfide) groups is 1. The first-order valence-electron chi connectivity index (χ1n) is 7.18. The first-order valence-corrected chi connectivity index (χ1v) is 8.00. The molecule has 0 aliphatic rings.